The SMILES string of the molecule is CC(C)(C)OC(=O)N1CCc2nc(N3CC(CCl)CC3=O)ncc2C1. The number of anilines is 1. The van der Waals surface area contributed by atoms with E-state index in [4.69, 9.17) is 16.3 Å². The van der Waals surface area contributed by atoms with Gasteiger partial charge in [-0.05, 0) is 26.7 Å². The molecule has 0 bridgehead atoms. The molecule has 1 aromatic rings. The van der Waals surface area contributed by atoms with E-state index < -0.39 is 5.60 Å². The first-order valence-corrected chi connectivity index (χ1v) is 8.99. The Kier molecular flexibility index (Phi) is 4.86. The molecule has 1 atom stereocenters. The number of fused-ring (bicyclic) bond motifs is 1. The molecule has 3 heterocycles. The highest BCUT2D eigenvalue weighted by atomic mass is 35.5. The normalized spacial score (nSPS) is 20.6. The largest absolute Gasteiger partial charge is 0.444 e. The minimum Gasteiger partial charge on any atom is -0.444 e. The smallest absolute Gasteiger partial charge is 0.410 e. The highest BCUT2D eigenvalue weighted by molar-refractivity contribution is 6.18. The average Bonchev–Trinajstić information content (AvgIpc) is 2.93. The van der Waals surface area contributed by atoms with Gasteiger partial charge in [0.2, 0.25) is 11.9 Å². The molecule has 1 aromatic heterocycles. The van der Waals surface area contributed by atoms with Crippen LogP contribution >= 0.6 is 11.6 Å². The number of nitrogens with zero attached hydrogens (tertiary/aromatic N) is 4. The summed E-state index contributed by atoms with van der Waals surface area (Å²) in [4.78, 5) is 36.5. The predicted octanol–water partition coefficient (Wildman–Crippen LogP) is 2.36. The zero-order chi connectivity index (χ0) is 18.2. The molecule has 7 nitrogen and oxygen atoms in total. The Balaban J connectivity index is 1.72. The third-order valence-corrected chi connectivity index (χ3v) is 4.67. The van der Waals surface area contributed by atoms with E-state index in [1.807, 2.05) is 20.8 Å². The first-order chi connectivity index (χ1) is 11.8. The van der Waals surface area contributed by atoms with Gasteiger partial charge in [0.15, 0.2) is 0 Å². The number of rotatable bonds is 2. The van der Waals surface area contributed by atoms with E-state index in [0.29, 0.717) is 44.3 Å². The fourth-order valence-corrected chi connectivity index (χ4v) is 3.20. The quantitative estimate of drug-likeness (QED) is 0.751. The van der Waals surface area contributed by atoms with E-state index in [1.165, 1.54) is 0 Å². The van der Waals surface area contributed by atoms with Crippen molar-refractivity contribution in [2.24, 2.45) is 5.92 Å². The van der Waals surface area contributed by atoms with Crippen molar-refractivity contribution >= 4 is 29.5 Å². The van der Waals surface area contributed by atoms with Crippen molar-refractivity contribution in [1.82, 2.24) is 14.9 Å². The third-order valence-electron chi connectivity index (χ3n) is 4.24. The van der Waals surface area contributed by atoms with Crippen LogP contribution in [0, 0.1) is 5.92 Å². The van der Waals surface area contributed by atoms with E-state index in [1.54, 1.807) is 16.0 Å². The second-order valence-electron chi connectivity index (χ2n) is 7.52. The van der Waals surface area contributed by atoms with Crippen molar-refractivity contribution < 1.29 is 14.3 Å². The standard InChI is InChI=1S/C17H23ClN4O3/c1-17(2,3)25-16(24)21-5-4-13-12(10-21)8-19-15(20-13)22-9-11(7-18)6-14(22)23/h8,11H,4-7,9-10H2,1-3H3. The first kappa shape index (κ1) is 17.9. The topological polar surface area (TPSA) is 75.6 Å². The molecule has 2 aliphatic heterocycles. The highest BCUT2D eigenvalue weighted by Gasteiger charge is 2.33. The molecule has 2 aliphatic rings. The number of alkyl halides is 1. The van der Waals surface area contributed by atoms with Crippen molar-refractivity contribution in [2.75, 3.05) is 23.9 Å². The summed E-state index contributed by atoms with van der Waals surface area (Å²) in [6.07, 6.45) is 2.43. The molecular formula is C17H23ClN4O3. The molecule has 25 heavy (non-hydrogen) atoms. The lowest BCUT2D eigenvalue weighted by Gasteiger charge is -2.31. The maximum atomic E-state index is 12.2. The maximum Gasteiger partial charge on any atom is 0.410 e. The molecule has 2 amide bonds. The summed E-state index contributed by atoms with van der Waals surface area (Å²) in [5.74, 6) is 1.05. The van der Waals surface area contributed by atoms with Crippen LogP contribution in [0.25, 0.3) is 0 Å². The van der Waals surface area contributed by atoms with Gasteiger partial charge in [-0.15, -0.1) is 11.6 Å². The van der Waals surface area contributed by atoms with E-state index in [0.717, 1.165) is 11.3 Å². The summed E-state index contributed by atoms with van der Waals surface area (Å²) in [6.45, 7) is 7.06. The lowest BCUT2D eigenvalue weighted by atomic mass is 10.1. The van der Waals surface area contributed by atoms with Gasteiger partial charge in [0.05, 0.1) is 12.2 Å². The average molecular weight is 367 g/mol. The lowest BCUT2D eigenvalue weighted by molar-refractivity contribution is -0.117. The summed E-state index contributed by atoms with van der Waals surface area (Å²) in [5.41, 5.74) is 1.25. The van der Waals surface area contributed by atoms with Gasteiger partial charge in [-0.1, -0.05) is 0 Å². The van der Waals surface area contributed by atoms with Crippen LogP contribution in [0.15, 0.2) is 6.20 Å². The second kappa shape index (κ2) is 6.78. The fourth-order valence-electron chi connectivity index (χ4n) is 3.00. The van der Waals surface area contributed by atoms with Crippen LogP contribution in [0.5, 0.6) is 0 Å². The summed E-state index contributed by atoms with van der Waals surface area (Å²) < 4.78 is 5.42. The maximum absolute atomic E-state index is 12.2. The van der Waals surface area contributed by atoms with E-state index in [9.17, 15) is 9.59 Å². The minimum atomic E-state index is -0.521. The van der Waals surface area contributed by atoms with Gasteiger partial charge in [0.1, 0.15) is 5.60 Å². The van der Waals surface area contributed by atoms with Crippen LogP contribution in [-0.4, -0.2) is 51.4 Å². The number of aromatic nitrogens is 2. The molecule has 8 heteroatoms. The van der Waals surface area contributed by atoms with Gasteiger partial charge in [-0.25, -0.2) is 14.8 Å². The Bertz CT molecular complexity index is 689. The molecule has 0 aliphatic carbocycles. The van der Waals surface area contributed by atoms with E-state index in [2.05, 4.69) is 9.97 Å². The Hall–Kier alpha value is -1.89. The number of carbonyl (C=O) groups is 2. The van der Waals surface area contributed by atoms with Gasteiger partial charge < -0.3 is 9.64 Å². The number of carbonyl (C=O) groups excluding carboxylic acids is 2. The molecule has 136 valence electrons. The molecule has 0 spiro atoms. The van der Waals surface area contributed by atoms with Crippen molar-refractivity contribution in [2.45, 2.75) is 45.8 Å². The van der Waals surface area contributed by atoms with Gasteiger partial charge in [0, 0.05) is 43.6 Å². The Labute approximate surface area is 152 Å². The van der Waals surface area contributed by atoms with Crippen molar-refractivity contribution in [3.63, 3.8) is 0 Å². The van der Waals surface area contributed by atoms with Gasteiger partial charge in [-0.2, -0.15) is 0 Å². The minimum absolute atomic E-state index is 0.0109. The van der Waals surface area contributed by atoms with Crippen molar-refractivity contribution in [3.05, 3.63) is 17.5 Å². The fraction of sp³-hybridized carbons (Fsp3) is 0.647. The molecule has 0 radical (unpaired) electrons. The number of hydrogen-bond acceptors (Lipinski definition) is 5. The molecule has 1 saturated heterocycles. The van der Waals surface area contributed by atoms with Crippen molar-refractivity contribution in [1.29, 1.82) is 0 Å². The number of halogens is 1. The molecule has 1 unspecified atom stereocenters. The van der Waals surface area contributed by atoms with E-state index >= 15 is 0 Å². The molecule has 0 N–H and O–H groups in total. The molecule has 1 fully saturated rings. The molecule has 0 saturated carbocycles. The van der Waals surface area contributed by atoms with Gasteiger partial charge in [0.25, 0.3) is 0 Å². The monoisotopic (exact) mass is 366 g/mol. The Morgan fingerprint density at radius 1 is 1.44 bits per heavy atom. The Morgan fingerprint density at radius 3 is 2.84 bits per heavy atom. The van der Waals surface area contributed by atoms with Crippen molar-refractivity contribution in [3.8, 4) is 0 Å². The third kappa shape index (κ3) is 4.03. The van der Waals surface area contributed by atoms with Crippen LogP contribution in [0.3, 0.4) is 0 Å². The summed E-state index contributed by atoms with van der Waals surface area (Å²) in [7, 11) is 0. The van der Waals surface area contributed by atoms with Crippen LogP contribution in [0.1, 0.15) is 38.4 Å². The Morgan fingerprint density at radius 2 is 2.20 bits per heavy atom. The molecular weight excluding hydrogens is 344 g/mol. The number of hydrogen-bond donors (Lipinski definition) is 0. The summed E-state index contributed by atoms with van der Waals surface area (Å²) in [6, 6.07) is 0. The molecule has 0 aromatic carbocycles. The lowest BCUT2D eigenvalue weighted by Crippen LogP contribution is -2.40. The zero-order valence-corrected chi connectivity index (χ0v) is 15.5. The van der Waals surface area contributed by atoms with Gasteiger partial charge in [-0.3, -0.25) is 9.69 Å². The number of ether oxygens (including phenoxy) is 1. The molecule has 3 rings (SSSR count). The zero-order valence-electron chi connectivity index (χ0n) is 14.8. The summed E-state index contributed by atoms with van der Waals surface area (Å²) >= 11 is 5.86. The van der Waals surface area contributed by atoms with Crippen LogP contribution in [0.4, 0.5) is 10.7 Å². The summed E-state index contributed by atoms with van der Waals surface area (Å²) in [5, 5.41) is 0. The second-order valence-corrected chi connectivity index (χ2v) is 7.83. The van der Waals surface area contributed by atoms with Crippen LogP contribution < -0.4 is 4.90 Å². The van der Waals surface area contributed by atoms with Crippen LogP contribution in [-0.2, 0) is 22.5 Å². The predicted molar refractivity (Wildman–Crippen MR) is 93.6 cm³/mol. The van der Waals surface area contributed by atoms with Gasteiger partial charge >= 0.3 is 6.09 Å². The first-order valence-electron chi connectivity index (χ1n) is 8.46. The highest BCUT2D eigenvalue weighted by Crippen LogP contribution is 2.25. The number of amides is 2. The van der Waals surface area contributed by atoms with E-state index in [-0.39, 0.29) is 17.9 Å². The van der Waals surface area contributed by atoms with Crippen LogP contribution in [0.2, 0.25) is 0 Å².